The molecule has 0 amide bonds. The van der Waals surface area contributed by atoms with Crippen LogP contribution in [0.1, 0.15) is 0 Å². The van der Waals surface area contributed by atoms with Crippen molar-refractivity contribution in [1.82, 2.24) is 4.57 Å². The van der Waals surface area contributed by atoms with Gasteiger partial charge in [-0.05, 0) is 82.1 Å². The number of hydrogen-bond acceptors (Lipinski definition) is 4. The zero-order valence-electron chi connectivity index (χ0n) is 38.8. The maximum absolute atomic E-state index is 6.78. The molecule has 0 bridgehead atoms. The van der Waals surface area contributed by atoms with Crippen LogP contribution in [0, 0.1) is 0 Å². The number of benzene rings is 11. The Labute approximate surface area is 414 Å². The van der Waals surface area contributed by atoms with Crippen LogP contribution >= 0.6 is 0 Å². The molecule has 0 radical (unpaired) electrons. The quantitative estimate of drug-likeness (QED) is 0.161. The first-order chi connectivity index (χ1) is 35.7. The molecule has 0 N–H and O–H groups in total. The van der Waals surface area contributed by atoms with E-state index in [0.717, 1.165) is 106 Å². The summed E-state index contributed by atoms with van der Waals surface area (Å²) in [7, 11) is 0. The molecule has 0 saturated carbocycles. The molecule has 11 aromatic carbocycles. The normalized spacial score (nSPS) is 12.9. The molecule has 14 aromatic rings. The van der Waals surface area contributed by atoms with Crippen LogP contribution in [0.2, 0.25) is 0 Å². The summed E-state index contributed by atoms with van der Waals surface area (Å²) in [5, 5.41) is 6.80. The van der Waals surface area contributed by atoms with Crippen molar-refractivity contribution in [1.29, 1.82) is 0 Å². The lowest BCUT2D eigenvalue weighted by molar-refractivity contribution is 0.669. The van der Waals surface area contributed by atoms with Gasteiger partial charge in [0.05, 0.1) is 16.7 Å². The minimum absolute atomic E-state index is 0.114. The summed E-state index contributed by atoms with van der Waals surface area (Å²) < 4.78 is 16.0. The van der Waals surface area contributed by atoms with Crippen molar-refractivity contribution in [3.8, 4) is 27.9 Å². The monoisotopic (exact) mass is 917 g/mol. The first kappa shape index (κ1) is 39.3. The third kappa shape index (κ3) is 5.54. The van der Waals surface area contributed by atoms with Gasteiger partial charge in [-0.3, -0.25) is 0 Å². The Hall–Kier alpha value is -9.52. The Morgan fingerprint density at radius 2 is 0.806 bits per heavy atom. The van der Waals surface area contributed by atoms with E-state index in [1.165, 1.54) is 38.3 Å². The van der Waals surface area contributed by atoms with E-state index >= 15 is 0 Å². The van der Waals surface area contributed by atoms with Crippen LogP contribution in [0.4, 0.5) is 34.1 Å². The van der Waals surface area contributed by atoms with Crippen LogP contribution in [0.25, 0.3) is 93.6 Å². The van der Waals surface area contributed by atoms with Crippen molar-refractivity contribution in [3.63, 3.8) is 0 Å². The average Bonchev–Trinajstić information content (AvgIpc) is 4.12. The van der Waals surface area contributed by atoms with Gasteiger partial charge in [0.1, 0.15) is 22.3 Å². The Balaban J connectivity index is 1.09. The molecule has 16 rings (SSSR count). The van der Waals surface area contributed by atoms with Gasteiger partial charge in [-0.25, -0.2) is 0 Å². The van der Waals surface area contributed by atoms with Crippen LogP contribution < -0.4 is 26.2 Å². The minimum Gasteiger partial charge on any atom is -0.456 e. The maximum Gasteiger partial charge on any atom is 0.252 e. The second kappa shape index (κ2) is 15.0. The summed E-state index contributed by atoms with van der Waals surface area (Å²) in [5.41, 5.74) is 21.7. The molecule has 0 aliphatic carbocycles. The standard InChI is InChI=1S/C66H40BN3O2/c1-4-18-41(19-5-1)46-26-16-28-51-52-29-17-27-47(42-20-6-2-7-21-42)66(52)70(65(46)51)45-36-58-64-59(37-45)69(44-34-35-50-48-24-10-14-32-60(48)71-62(50)38-44)57-40-63-53(49-25-11-15-33-61(49)72-63)39-55(57)67(64)54-30-12-13-31-56(54)68(58)43-22-8-3-9-23-43/h1-40H. The number of para-hydroxylation sites is 6. The molecule has 3 aromatic heterocycles. The van der Waals surface area contributed by atoms with E-state index in [4.69, 9.17) is 8.83 Å². The fourth-order valence-corrected chi connectivity index (χ4v) is 12.3. The zero-order chi connectivity index (χ0) is 47.0. The molecule has 334 valence electrons. The lowest BCUT2D eigenvalue weighted by Gasteiger charge is -2.44. The molecule has 6 heteroatoms. The summed E-state index contributed by atoms with van der Waals surface area (Å²) in [6.07, 6.45) is 0. The minimum atomic E-state index is -0.114. The van der Waals surface area contributed by atoms with Crippen LogP contribution in [0.5, 0.6) is 0 Å². The zero-order valence-corrected chi connectivity index (χ0v) is 38.8. The molecule has 72 heavy (non-hydrogen) atoms. The highest BCUT2D eigenvalue weighted by Crippen LogP contribution is 2.49. The highest BCUT2D eigenvalue weighted by atomic mass is 16.3. The highest BCUT2D eigenvalue weighted by Gasteiger charge is 2.44. The second-order valence-corrected chi connectivity index (χ2v) is 19.2. The third-order valence-electron chi connectivity index (χ3n) is 15.3. The molecule has 0 spiro atoms. The second-order valence-electron chi connectivity index (χ2n) is 19.2. The molecule has 0 saturated heterocycles. The van der Waals surface area contributed by atoms with E-state index in [0.29, 0.717) is 0 Å². The van der Waals surface area contributed by atoms with E-state index in [2.05, 4.69) is 251 Å². The van der Waals surface area contributed by atoms with Crippen LogP contribution in [-0.2, 0) is 0 Å². The van der Waals surface area contributed by atoms with E-state index < -0.39 is 0 Å². The van der Waals surface area contributed by atoms with Gasteiger partial charge in [0, 0.05) is 89.7 Å². The van der Waals surface area contributed by atoms with Gasteiger partial charge in [-0.1, -0.05) is 176 Å². The molecule has 0 atom stereocenters. The fourth-order valence-electron chi connectivity index (χ4n) is 12.3. The maximum atomic E-state index is 6.78. The van der Waals surface area contributed by atoms with Crippen LogP contribution in [0.3, 0.4) is 0 Å². The van der Waals surface area contributed by atoms with Crippen molar-refractivity contribution >= 4 is 123 Å². The van der Waals surface area contributed by atoms with Crippen molar-refractivity contribution < 1.29 is 8.83 Å². The SMILES string of the molecule is c1ccc(-c2cccc3c4cccc(-c5ccccc5)c4n(-c4cc5c6c(c4)N(c4ccc7c(c4)oc4ccccc47)c4cc7oc8ccccc8c7cc4B6c4ccccc4N5c4ccccc4)c23)cc1. The van der Waals surface area contributed by atoms with Gasteiger partial charge in [0.2, 0.25) is 0 Å². The Morgan fingerprint density at radius 1 is 0.292 bits per heavy atom. The predicted molar refractivity (Wildman–Crippen MR) is 300 cm³/mol. The number of fused-ring (bicyclic) bond motifs is 13. The molecular weight excluding hydrogens is 878 g/mol. The van der Waals surface area contributed by atoms with E-state index in [9.17, 15) is 0 Å². The van der Waals surface area contributed by atoms with Crippen LogP contribution in [-0.4, -0.2) is 11.3 Å². The average molecular weight is 918 g/mol. The van der Waals surface area contributed by atoms with Gasteiger partial charge in [0.15, 0.2) is 0 Å². The van der Waals surface area contributed by atoms with Crippen LogP contribution in [0.15, 0.2) is 251 Å². The Bertz CT molecular complexity index is 4440. The third-order valence-corrected chi connectivity index (χ3v) is 15.3. The summed E-state index contributed by atoms with van der Waals surface area (Å²) >= 11 is 0. The lowest BCUT2D eigenvalue weighted by Crippen LogP contribution is -2.61. The number of hydrogen-bond donors (Lipinski definition) is 0. The highest BCUT2D eigenvalue weighted by molar-refractivity contribution is 7.00. The summed E-state index contributed by atoms with van der Waals surface area (Å²) in [4.78, 5) is 4.98. The molecule has 0 unspecified atom stereocenters. The smallest absolute Gasteiger partial charge is 0.252 e. The van der Waals surface area contributed by atoms with Gasteiger partial charge in [-0.2, -0.15) is 0 Å². The van der Waals surface area contributed by atoms with Crippen molar-refractivity contribution in [2.24, 2.45) is 0 Å². The molecular formula is C66H40BN3O2. The first-order valence-corrected chi connectivity index (χ1v) is 24.7. The predicted octanol–water partition coefficient (Wildman–Crippen LogP) is 16.0. The van der Waals surface area contributed by atoms with E-state index in [-0.39, 0.29) is 6.71 Å². The van der Waals surface area contributed by atoms with Crippen molar-refractivity contribution in [2.45, 2.75) is 0 Å². The van der Waals surface area contributed by atoms with Crippen molar-refractivity contribution in [2.75, 3.05) is 9.80 Å². The Morgan fingerprint density at radius 3 is 1.46 bits per heavy atom. The summed E-state index contributed by atoms with van der Waals surface area (Å²) in [6.45, 7) is -0.114. The molecule has 5 heterocycles. The van der Waals surface area contributed by atoms with E-state index in [1.807, 2.05) is 6.07 Å². The van der Waals surface area contributed by atoms with Gasteiger partial charge < -0.3 is 23.2 Å². The van der Waals surface area contributed by atoms with Gasteiger partial charge in [0.25, 0.3) is 6.71 Å². The number of nitrogens with zero attached hydrogens (tertiary/aromatic N) is 3. The largest absolute Gasteiger partial charge is 0.456 e. The lowest BCUT2D eigenvalue weighted by atomic mass is 9.33. The van der Waals surface area contributed by atoms with Crippen molar-refractivity contribution in [3.05, 3.63) is 243 Å². The number of anilines is 6. The summed E-state index contributed by atoms with van der Waals surface area (Å²) in [6, 6.07) is 88.3. The van der Waals surface area contributed by atoms with Gasteiger partial charge in [-0.15, -0.1) is 0 Å². The number of rotatable bonds is 5. The van der Waals surface area contributed by atoms with E-state index in [1.54, 1.807) is 0 Å². The first-order valence-electron chi connectivity index (χ1n) is 24.7. The molecule has 5 nitrogen and oxygen atoms in total. The number of furan rings is 2. The molecule has 2 aliphatic heterocycles. The molecule has 2 aliphatic rings. The molecule has 0 fully saturated rings. The summed E-state index contributed by atoms with van der Waals surface area (Å²) in [5.74, 6) is 0. The number of aromatic nitrogens is 1. The Kier molecular flexibility index (Phi) is 8.19. The topological polar surface area (TPSA) is 37.7 Å². The fraction of sp³-hybridized carbons (Fsp3) is 0. The van der Waals surface area contributed by atoms with Gasteiger partial charge >= 0.3 is 0 Å².